The number of carbonyl (C=O) groups excluding carboxylic acids is 1. The van der Waals surface area contributed by atoms with Crippen molar-refractivity contribution in [3.05, 3.63) is 77.9 Å². The fourth-order valence-corrected chi connectivity index (χ4v) is 4.42. The number of aliphatic hydroxyl groups is 1. The zero-order chi connectivity index (χ0) is 19.4. The van der Waals surface area contributed by atoms with Crippen LogP contribution in [0.3, 0.4) is 0 Å². The minimum atomic E-state index is -4.07. The highest BCUT2D eigenvalue weighted by atomic mass is 32.2. The first-order valence-electron chi connectivity index (χ1n) is 8.51. The molecule has 1 N–H and O–H groups in total. The zero-order valence-corrected chi connectivity index (χ0v) is 15.7. The molecule has 0 saturated carbocycles. The third-order valence-electron chi connectivity index (χ3n) is 4.31. The summed E-state index contributed by atoms with van der Waals surface area (Å²) >= 11 is 0. The van der Waals surface area contributed by atoms with Crippen molar-refractivity contribution in [3.63, 3.8) is 0 Å². The number of nitrogens with zero attached hydrogens (tertiary/aromatic N) is 1. The van der Waals surface area contributed by atoms with Crippen LogP contribution < -0.4 is 0 Å². The fourth-order valence-electron chi connectivity index (χ4n) is 2.85. The molecule has 1 aliphatic heterocycles. The summed E-state index contributed by atoms with van der Waals surface area (Å²) in [6.07, 6.45) is 0.934. The van der Waals surface area contributed by atoms with Crippen LogP contribution in [0.5, 0.6) is 0 Å². The van der Waals surface area contributed by atoms with Gasteiger partial charge >= 0.3 is 0 Å². The van der Waals surface area contributed by atoms with E-state index in [1.54, 1.807) is 12.1 Å². The number of hydrogen-bond donors (Lipinski definition) is 1. The number of aliphatic hydroxyl groups excluding tert-OH is 1. The topological polar surface area (TPSA) is 83.9 Å². The Morgan fingerprint density at radius 3 is 2.41 bits per heavy atom. The molecular weight excluding hydrogens is 366 g/mol. The van der Waals surface area contributed by atoms with Gasteiger partial charge in [-0.25, -0.2) is 8.42 Å². The summed E-state index contributed by atoms with van der Waals surface area (Å²) in [6.45, 7) is 1.93. The Balaban J connectivity index is 1.82. The van der Waals surface area contributed by atoms with Gasteiger partial charge in [-0.05, 0) is 36.8 Å². The minimum Gasteiger partial charge on any atom is -0.375 e. The molecule has 1 aliphatic rings. The molecule has 3 rings (SSSR count). The maximum atomic E-state index is 13.0. The van der Waals surface area contributed by atoms with Crippen LogP contribution in [-0.4, -0.2) is 42.5 Å². The van der Waals surface area contributed by atoms with Crippen molar-refractivity contribution < 1.29 is 23.1 Å². The molecule has 0 spiro atoms. The molecule has 142 valence electrons. The van der Waals surface area contributed by atoms with Gasteiger partial charge in [0, 0.05) is 0 Å². The van der Waals surface area contributed by atoms with Crippen LogP contribution in [0.25, 0.3) is 0 Å². The molecule has 2 aromatic carbocycles. The van der Waals surface area contributed by atoms with Crippen molar-refractivity contribution in [1.29, 1.82) is 0 Å². The zero-order valence-electron chi connectivity index (χ0n) is 14.9. The van der Waals surface area contributed by atoms with Crippen molar-refractivity contribution in [2.24, 2.45) is 0 Å². The van der Waals surface area contributed by atoms with E-state index in [0.29, 0.717) is 0 Å². The van der Waals surface area contributed by atoms with E-state index >= 15 is 0 Å². The first-order chi connectivity index (χ1) is 12.9. The predicted octanol–water partition coefficient (Wildman–Crippen LogP) is 2.03. The van der Waals surface area contributed by atoms with E-state index in [1.165, 1.54) is 24.3 Å². The average molecular weight is 387 g/mol. The summed E-state index contributed by atoms with van der Waals surface area (Å²) in [5, 5.41) is 10.3. The monoisotopic (exact) mass is 387 g/mol. The van der Waals surface area contributed by atoms with E-state index in [1.807, 2.05) is 37.3 Å². The number of aryl methyl sites for hydroxylation is 1. The maximum Gasteiger partial charge on any atom is 0.246 e. The lowest BCUT2D eigenvalue weighted by Crippen LogP contribution is -2.54. The summed E-state index contributed by atoms with van der Waals surface area (Å²) in [7, 11) is -4.07. The molecule has 0 aromatic heterocycles. The van der Waals surface area contributed by atoms with Crippen LogP contribution in [0.1, 0.15) is 11.1 Å². The Morgan fingerprint density at radius 1 is 1.07 bits per heavy atom. The van der Waals surface area contributed by atoms with Gasteiger partial charge in [-0.15, -0.1) is 0 Å². The SMILES string of the molecule is Cc1ccc(S(=O)(=O)N2[C@H](O)C=CC(=O)[C@H]2COCc2ccccc2)cc1. The molecule has 0 radical (unpaired) electrons. The fraction of sp³-hybridized carbons (Fsp3) is 0.250. The van der Waals surface area contributed by atoms with Crippen LogP contribution in [-0.2, 0) is 26.2 Å². The maximum absolute atomic E-state index is 13.0. The number of ether oxygens (including phenoxy) is 1. The number of benzene rings is 2. The highest BCUT2D eigenvalue weighted by Crippen LogP contribution is 2.25. The Labute approximate surface area is 158 Å². The van der Waals surface area contributed by atoms with Gasteiger partial charge in [0.2, 0.25) is 10.0 Å². The Morgan fingerprint density at radius 2 is 1.74 bits per heavy atom. The number of carbonyl (C=O) groups is 1. The van der Waals surface area contributed by atoms with Crippen molar-refractivity contribution in [3.8, 4) is 0 Å². The standard InChI is InChI=1S/C20H21NO5S/c1-15-7-9-17(10-8-15)27(24,25)21-18(19(22)11-12-20(21)23)14-26-13-16-5-3-2-4-6-16/h2-12,18,20,23H,13-14H2,1H3/t18-,20-/m1/s1. The van der Waals surface area contributed by atoms with E-state index in [0.717, 1.165) is 15.4 Å². The van der Waals surface area contributed by atoms with E-state index < -0.39 is 28.1 Å². The van der Waals surface area contributed by atoms with Crippen LogP contribution in [0.2, 0.25) is 0 Å². The van der Waals surface area contributed by atoms with Crippen LogP contribution >= 0.6 is 0 Å². The summed E-state index contributed by atoms with van der Waals surface area (Å²) in [5.74, 6) is -0.427. The van der Waals surface area contributed by atoms with Gasteiger partial charge in [-0.3, -0.25) is 4.79 Å². The van der Waals surface area contributed by atoms with Crippen LogP contribution in [0.4, 0.5) is 0 Å². The normalized spacial score (nSPS) is 20.7. The van der Waals surface area contributed by atoms with Gasteiger partial charge in [-0.2, -0.15) is 4.31 Å². The van der Waals surface area contributed by atoms with E-state index in [2.05, 4.69) is 0 Å². The molecule has 0 aliphatic carbocycles. The smallest absolute Gasteiger partial charge is 0.246 e. The Kier molecular flexibility index (Phi) is 5.86. The van der Waals surface area contributed by atoms with Gasteiger partial charge < -0.3 is 9.84 Å². The highest BCUT2D eigenvalue weighted by Gasteiger charge is 2.41. The third kappa shape index (κ3) is 4.33. The van der Waals surface area contributed by atoms with Gasteiger partial charge in [-0.1, -0.05) is 48.0 Å². The molecule has 2 atom stereocenters. The van der Waals surface area contributed by atoms with E-state index in [9.17, 15) is 18.3 Å². The Hall–Kier alpha value is -2.32. The highest BCUT2D eigenvalue weighted by molar-refractivity contribution is 7.89. The Bertz CT molecular complexity index is 923. The minimum absolute atomic E-state index is 0.0170. The summed E-state index contributed by atoms with van der Waals surface area (Å²) in [5.41, 5.74) is 1.82. The average Bonchev–Trinajstić information content (AvgIpc) is 2.65. The largest absolute Gasteiger partial charge is 0.375 e. The lowest BCUT2D eigenvalue weighted by molar-refractivity contribution is -0.123. The number of rotatable bonds is 6. The molecule has 7 heteroatoms. The molecule has 2 aromatic rings. The second kappa shape index (κ2) is 8.14. The third-order valence-corrected chi connectivity index (χ3v) is 6.21. The molecule has 27 heavy (non-hydrogen) atoms. The first kappa shape index (κ1) is 19.4. The van der Waals surface area contributed by atoms with Crippen LogP contribution in [0, 0.1) is 6.92 Å². The summed E-state index contributed by atoms with van der Waals surface area (Å²) in [6, 6.07) is 14.5. The second-order valence-electron chi connectivity index (χ2n) is 6.34. The first-order valence-corrected chi connectivity index (χ1v) is 9.95. The number of sulfonamides is 1. The van der Waals surface area contributed by atoms with Gasteiger partial charge in [0.25, 0.3) is 0 Å². The van der Waals surface area contributed by atoms with E-state index in [4.69, 9.17) is 4.74 Å². The summed E-state index contributed by atoms with van der Waals surface area (Å²) in [4.78, 5) is 12.4. The molecule has 0 amide bonds. The van der Waals surface area contributed by atoms with Gasteiger partial charge in [0.05, 0.1) is 18.1 Å². The second-order valence-corrected chi connectivity index (χ2v) is 8.18. The lowest BCUT2D eigenvalue weighted by atomic mass is 10.1. The van der Waals surface area contributed by atoms with Crippen LogP contribution in [0.15, 0.2) is 71.6 Å². The van der Waals surface area contributed by atoms with Crippen molar-refractivity contribution in [1.82, 2.24) is 4.31 Å². The quantitative estimate of drug-likeness (QED) is 0.820. The predicted molar refractivity (Wildman–Crippen MR) is 100 cm³/mol. The molecule has 0 bridgehead atoms. The molecule has 1 heterocycles. The van der Waals surface area contributed by atoms with Crippen molar-refractivity contribution in [2.45, 2.75) is 30.7 Å². The number of ketones is 1. The summed E-state index contributed by atoms with van der Waals surface area (Å²) < 4.78 is 32.4. The van der Waals surface area contributed by atoms with Crippen molar-refractivity contribution >= 4 is 15.8 Å². The molecule has 0 unspecified atom stereocenters. The molecule has 6 nitrogen and oxygen atoms in total. The molecular formula is C20H21NO5S. The van der Waals surface area contributed by atoms with Crippen molar-refractivity contribution in [2.75, 3.05) is 6.61 Å². The molecule has 0 saturated heterocycles. The van der Waals surface area contributed by atoms with Gasteiger partial charge in [0.1, 0.15) is 12.3 Å². The molecule has 0 fully saturated rings. The van der Waals surface area contributed by atoms with E-state index in [-0.39, 0.29) is 18.1 Å². The van der Waals surface area contributed by atoms with Gasteiger partial charge in [0.15, 0.2) is 5.78 Å². The number of hydrogen-bond acceptors (Lipinski definition) is 5. The lowest BCUT2D eigenvalue weighted by Gasteiger charge is -2.34.